The van der Waals surface area contributed by atoms with Gasteiger partial charge in [0.25, 0.3) is 0 Å². The minimum atomic E-state index is -2.86. The van der Waals surface area contributed by atoms with Gasteiger partial charge in [-0.1, -0.05) is 19.3 Å². The maximum Gasteiger partial charge on any atom is 0.152 e. The van der Waals surface area contributed by atoms with Gasteiger partial charge in [-0.3, -0.25) is 4.68 Å². The molecule has 22 heavy (non-hydrogen) atoms. The van der Waals surface area contributed by atoms with Crippen LogP contribution in [0.5, 0.6) is 0 Å². The molecule has 0 amide bonds. The second-order valence-electron chi connectivity index (χ2n) is 7.07. The van der Waals surface area contributed by atoms with E-state index in [1.165, 1.54) is 49.1 Å². The van der Waals surface area contributed by atoms with Gasteiger partial charge in [0.05, 0.1) is 23.2 Å². The van der Waals surface area contributed by atoms with E-state index in [-0.39, 0.29) is 11.8 Å². The highest BCUT2D eigenvalue weighted by Crippen LogP contribution is 2.37. The molecule has 1 aliphatic carbocycles. The third kappa shape index (κ3) is 2.60. The van der Waals surface area contributed by atoms with Crippen LogP contribution in [0.4, 0.5) is 0 Å². The van der Waals surface area contributed by atoms with E-state index in [2.05, 4.69) is 10.00 Å². The molecule has 0 aromatic carbocycles. The number of nitrogens with zero attached hydrogens (tertiary/aromatic N) is 2. The molecule has 1 aromatic rings. The molecule has 122 valence electrons. The van der Waals surface area contributed by atoms with Crippen molar-refractivity contribution in [3.8, 4) is 0 Å². The van der Waals surface area contributed by atoms with Gasteiger partial charge < -0.3 is 5.32 Å². The van der Waals surface area contributed by atoms with Gasteiger partial charge in [-0.2, -0.15) is 5.10 Å². The summed E-state index contributed by atoms with van der Waals surface area (Å²) in [5, 5.41) is 8.44. The summed E-state index contributed by atoms with van der Waals surface area (Å²) in [5.74, 6) is 1.18. The first-order valence-corrected chi connectivity index (χ1v) is 10.5. The lowest BCUT2D eigenvalue weighted by molar-refractivity contribution is 0.421. The van der Waals surface area contributed by atoms with E-state index in [0.717, 1.165) is 25.9 Å². The van der Waals surface area contributed by atoms with Crippen LogP contribution in [-0.4, -0.2) is 36.2 Å². The molecule has 3 heterocycles. The molecule has 0 bridgehead atoms. The van der Waals surface area contributed by atoms with Crippen molar-refractivity contribution in [3.63, 3.8) is 0 Å². The molecule has 0 spiro atoms. The van der Waals surface area contributed by atoms with Crippen molar-refractivity contribution >= 4 is 9.84 Å². The number of rotatable bonds is 2. The van der Waals surface area contributed by atoms with Crippen molar-refractivity contribution in [1.29, 1.82) is 0 Å². The van der Waals surface area contributed by atoms with Crippen LogP contribution in [0.15, 0.2) is 0 Å². The number of nitrogens with one attached hydrogen (secondary N) is 1. The number of aromatic nitrogens is 2. The summed E-state index contributed by atoms with van der Waals surface area (Å²) in [6, 6.07) is 0.0641. The van der Waals surface area contributed by atoms with Gasteiger partial charge in [0.2, 0.25) is 0 Å². The predicted molar refractivity (Wildman–Crippen MR) is 85.8 cm³/mol. The highest BCUT2D eigenvalue weighted by Gasteiger charge is 2.34. The zero-order valence-electron chi connectivity index (χ0n) is 13.1. The van der Waals surface area contributed by atoms with Crippen LogP contribution < -0.4 is 5.32 Å². The summed E-state index contributed by atoms with van der Waals surface area (Å²) in [6.45, 7) is 1.88. The SMILES string of the molecule is O=S1(=O)CCC(n2nc(C3CCCCC3)c3c2CCNC3)C1. The summed E-state index contributed by atoms with van der Waals surface area (Å²) in [5.41, 5.74) is 3.95. The van der Waals surface area contributed by atoms with Crippen LogP contribution in [-0.2, 0) is 22.8 Å². The highest BCUT2D eigenvalue weighted by atomic mass is 32.2. The molecule has 1 saturated heterocycles. The van der Waals surface area contributed by atoms with E-state index in [9.17, 15) is 8.42 Å². The molecule has 1 N–H and O–H groups in total. The van der Waals surface area contributed by atoms with Gasteiger partial charge >= 0.3 is 0 Å². The quantitative estimate of drug-likeness (QED) is 0.903. The molecule has 1 aromatic heterocycles. The first kappa shape index (κ1) is 14.7. The minimum absolute atomic E-state index is 0.0641. The minimum Gasteiger partial charge on any atom is -0.312 e. The fourth-order valence-electron chi connectivity index (χ4n) is 4.38. The van der Waals surface area contributed by atoms with Crippen LogP contribution in [0.2, 0.25) is 0 Å². The summed E-state index contributed by atoms with van der Waals surface area (Å²) in [6.07, 6.45) is 8.14. The van der Waals surface area contributed by atoms with Gasteiger partial charge in [-0.05, 0) is 19.3 Å². The topological polar surface area (TPSA) is 64.0 Å². The molecule has 6 heteroatoms. The standard InChI is InChI=1S/C16H25N3O2S/c20-22(21)9-7-13(11-22)19-15-6-8-17-10-14(15)16(18-19)12-4-2-1-3-5-12/h12-13,17H,1-11H2. The van der Waals surface area contributed by atoms with E-state index in [0.29, 0.717) is 11.7 Å². The Kier molecular flexibility index (Phi) is 3.77. The van der Waals surface area contributed by atoms with Gasteiger partial charge in [0.15, 0.2) is 9.84 Å². The summed E-state index contributed by atoms with van der Waals surface area (Å²) < 4.78 is 25.8. The van der Waals surface area contributed by atoms with E-state index >= 15 is 0 Å². The van der Waals surface area contributed by atoms with Crippen LogP contribution in [0.3, 0.4) is 0 Å². The average Bonchev–Trinajstić information content (AvgIpc) is 3.08. The van der Waals surface area contributed by atoms with Crippen molar-refractivity contribution < 1.29 is 8.42 Å². The molecule has 1 saturated carbocycles. The van der Waals surface area contributed by atoms with Gasteiger partial charge in [-0.25, -0.2) is 8.42 Å². The zero-order valence-corrected chi connectivity index (χ0v) is 13.9. The van der Waals surface area contributed by atoms with Crippen molar-refractivity contribution in [2.24, 2.45) is 0 Å². The van der Waals surface area contributed by atoms with Crippen molar-refractivity contribution in [2.45, 2.75) is 63.5 Å². The molecule has 0 radical (unpaired) electrons. The molecule has 2 aliphatic heterocycles. The number of fused-ring (bicyclic) bond motifs is 1. The van der Waals surface area contributed by atoms with Crippen molar-refractivity contribution in [1.82, 2.24) is 15.1 Å². The van der Waals surface area contributed by atoms with Crippen molar-refractivity contribution in [2.75, 3.05) is 18.1 Å². The maximum atomic E-state index is 11.8. The van der Waals surface area contributed by atoms with E-state index in [4.69, 9.17) is 5.10 Å². The molecule has 4 rings (SSSR count). The lowest BCUT2D eigenvalue weighted by Gasteiger charge is -2.22. The predicted octanol–water partition coefficient (Wildman–Crippen LogP) is 1.94. The number of hydrogen-bond acceptors (Lipinski definition) is 4. The second kappa shape index (κ2) is 5.64. The Morgan fingerprint density at radius 1 is 1.14 bits per heavy atom. The van der Waals surface area contributed by atoms with E-state index < -0.39 is 9.84 Å². The Morgan fingerprint density at radius 2 is 1.95 bits per heavy atom. The Bertz CT molecular complexity index is 659. The first-order chi connectivity index (χ1) is 10.6. The molecule has 3 aliphatic rings. The largest absolute Gasteiger partial charge is 0.312 e. The monoisotopic (exact) mass is 323 g/mol. The molecule has 5 nitrogen and oxygen atoms in total. The van der Waals surface area contributed by atoms with Gasteiger partial charge in [0, 0.05) is 36.7 Å². The first-order valence-electron chi connectivity index (χ1n) is 8.65. The van der Waals surface area contributed by atoms with Crippen molar-refractivity contribution in [3.05, 3.63) is 17.0 Å². The molecular weight excluding hydrogens is 298 g/mol. The molecular formula is C16H25N3O2S. The Morgan fingerprint density at radius 3 is 2.68 bits per heavy atom. The number of sulfone groups is 1. The normalized spacial score (nSPS) is 28.6. The van der Waals surface area contributed by atoms with E-state index in [1.807, 2.05) is 0 Å². The third-order valence-corrected chi connectivity index (χ3v) is 7.29. The van der Waals surface area contributed by atoms with Gasteiger partial charge in [0.1, 0.15) is 0 Å². The van der Waals surface area contributed by atoms with Crippen LogP contribution in [0.25, 0.3) is 0 Å². The summed E-state index contributed by atoms with van der Waals surface area (Å²) >= 11 is 0. The smallest absolute Gasteiger partial charge is 0.152 e. The zero-order chi connectivity index (χ0) is 15.2. The Labute approximate surface area is 132 Å². The maximum absolute atomic E-state index is 11.8. The third-order valence-electron chi connectivity index (χ3n) is 5.54. The lowest BCUT2D eigenvalue weighted by Crippen LogP contribution is -2.26. The van der Waals surface area contributed by atoms with Crippen LogP contribution in [0.1, 0.15) is 67.4 Å². The fraction of sp³-hybridized carbons (Fsp3) is 0.812. The van der Waals surface area contributed by atoms with Crippen LogP contribution >= 0.6 is 0 Å². The van der Waals surface area contributed by atoms with Crippen LogP contribution in [0, 0.1) is 0 Å². The second-order valence-corrected chi connectivity index (χ2v) is 9.30. The molecule has 1 unspecified atom stereocenters. The number of hydrogen-bond donors (Lipinski definition) is 1. The molecule has 2 fully saturated rings. The Hall–Kier alpha value is -0.880. The average molecular weight is 323 g/mol. The fourth-order valence-corrected chi connectivity index (χ4v) is 6.07. The summed E-state index contributed by atoms with van der Waals surface area (Å²) in [7, 11) is -2.86. The molecule has 1 atom stereocenters. The summed E-state index contributed by atoms with van der Waals surface area (Å²) in [4.78, 5) is 0. The van der Waals surface area contributed by atoms with Gasteiger partial charge in [-0.15, -0.1) is 0 Å². The lowest BCUT2D eigenvalue weighted by atomic mass is 9.84. The highest BCUT2D eigenvalue weighted by molar-refractivity contribution is 7.91. The Balaban J connectivity index is 1.71. The van der Waals surface area contributed by atoms with E-state index in [1.54, 1.807) is 0 Å².